The normalized spacial score (nSPS) is 14.1. The minimum absolute atomic E-state index is 0.0924. The number of aromatic hydroxyl groups is 1. The van der Waals surface area contributed by atoms with E-state index in [9.17, 15) is 13.5 Å². The summed E-state index contributed by atoms with van der Waals surface area (Å²) in [7, 11) is -3.59. The lowest BCUT2D eigenvalue weighted by Gasteiger charge is -2.23. The molecule has 0 fully saturated rings. The molecule has 0 bridgehead atoms. The summed E-state index contributed by atoms with van der Waals surface area (Å²) < 4.78 is 26.3. The lowest BCUT2D eigenvalue weighted by atomic mass is 10.00. The molecule has 2 aromatic carbocycles. The third kappa shape index (κ3) is 5.47. The van der Waals surface area contributed by atoms with Gasteiger partial charge in [-0.1, -0.05) is 51.1 Å². The van der Waals surface area contributed by atoms with Gasteiger partial charge in [0.25, 0.3) is 0 Å². The van der Waals surface area contributed by atoms with Crippen LogP contribution in [-0.2, 0) is 16.3 Å². The van der Waals surface area contributed by atoms with Gasteiger partial charge in [-0.2, -0.15) is 0 Å². The molecular weight excluding hydrogens is 360 g/mol. The first kappa shape index (κ1) is 21.3. The summed E-state index contributed by atoms with van der Waals surface area (Å²) in [6, 6.07) is 13.8. The Morgan fingerprint density at radius 2 is 1.70 bits per heavy atom. The Bertz CT molecular complexity index is 836. The van der Waals surface area contributed by atoms with Crippen molar-refractivity contribution in [3.05, 3.63) is 54.1 Å². The van der Waals surface area contributed by atoms with Crippen LogP contribution in [0, 0.1) is 11.8 Å². The molecule has 148 valence electrons. The van der Waals surface area contributed by atoms with Crippen molar-refractivity contribution in [3.63, 3.8) is 0 Å². The summed E-state index contributed by atoms with van der Waals surface area (Å²) in [5.41, 5.74) is 6.88. The van der Waals surface area contributed by atoms with Crippen LogP contribution in [0.2, 0.25) is 0 Å². The Morgan fingerprint density at radius 3 is 2.30 bits per heavy atom. The van der Waals surface area contributed by atoms with E-state index in [1.807, 2.05) is 32.9 Å². The zero-order valence-corrected chi connectivity index (χ0v) is 17.0. The molecule has 0 spiro atoms. The molecule has 0 aromatic heterocycles. The molecular formula is C21H30N2O3S. The first-order valence-corrected chi connectivity index (χ1v) is 10.9. The number of benzene rings is 2. The molecule has 2 rings (SSSR count). The van der Waals surface area contributed by atoms with Gasteiger partial charge < -0.3 is 16.2 Å². The van der Waals surface area contributed by atoms with Crippen LogP contribution in [-0.4, -0.2) is 25.4 Å². The second-order valence-electron chi connectivity index (χ2n) is 7.48. The highest BCUT2D eigenvalue weighted by Gasteiger charge is 2.29. The van der Waals surface area contributed by atoms with Crippen LogP contribution in [0.15, 0.2) is 53.4 Å². The maximum Gasteiger partial charge on any atom is 0.199 e. The maximum atomic E-state index is 13.1. The van der Waals surface area contributed by atoms with E-state index < -0.39 is 15.2 Å². The highest BCUT2D eigenvalue weighted by molar-refractivity contribution is 7.92. The van der Waals surface area contributed by atoms with Crippen molar-refractivity contribution in [1.29, 1.82) is 0 Å². The zero-order valence-electron chi connectivity index (χ0n) is 16.2. The van der Waals surface area contributed by atoms with Gasteiger partial charge in [-0.25, -0.2) is 8.42 Å². The molecule has 2 aromatic rings. The molecule has 0 aliphatic heterocycles. The highest BCUT2D eigenvalue weighted by Crippen LogP contribution is 2.32. The Hall–Kier alpha value is -2.05. The van der Waals surface area contributed by atoms with Gasteiger partial charge in [0.15, 0.2) is 9.84 Å². The third-order valence-corrected chi connectivity index (χ3v) is 6.53. The fraction of sp³-hybridized carbons (Fsp3) is 0.429. The quantitative estimate of drug-likeness (QED) is 0.567. The number of rotatable bonds is 9. The van der Waals surface area contributed by atoms with Crippen molar-refractivity contribution in [2.75, 3.05) is 11.9 Å². The summed E-state index contributed by atoms with van der Waals surface area (Å²) in [4.78, 5) is 0.274. The second kappa shape index (κ2) is 9.24. The summed E-state index contributed by atoms with van der Waals surface area (Å²) in [6.07, 6.45) is 1.07. The number of phenolic OH excluding ortho intramolecular Hbond substituents is 1. The highest BCUT2D eigenvalue weighted by atomic mass is 32.2. The molecule has 0 saturated heterocycles. The molecule has 0 heterocycles. The largest absolute Gasteiger partial charge is 0.505 e. The predicted octanol–water partition coefficient (Wildman–Crippen LogP) is 3.79. The number of hydrogen-bond acceptors (Lipinski definition) is 5. The summed E-state index contributed by atoms with van der Waals surface area (Å²) in [6.45, 7) is 6.50. The van der Waals surface area contributed by atoms with E-state index in [0.29, 0.717) is 25.1 Å². The maximum absolute atomic E-state index is 13.1. The molecule has 27 heavy (non-hydrogen) atoms. The van der Waals surface area contributed by atoms with E-state index in [2.05, 4.69) is 5.32 Å². The first-order chi connectivity index (χ1) is 12.8. The standard InChI is InChI=1S/C21H30N2O3S/c1-15(2)12-20(27(25,26)18-9-5-4-6-10-18)23-19-11-7-8-17(21(19)24)13-16(3)14-22/h4-11,15-16,20,23-24H,12-14,22H2,1-3H3/t16-,20+/m1/s1. The number of nitrogens with one attached hydrogen (secondary N) is 1. The molecule has 0 amide bonds. The van der Waals surface area contributed by atoms with Crippen LogP contribution >= 0.6 is 0 Å². The smallest absolute Gasteiger partial charge is 0.199 e. The van der Waals surface area contributed by atoms with Gasteiger partial charge in [0, 0.05) is 0 Å². The average Bonchev–Trinajstić information content (AvgIpc) is 2.64. The van der Waals surface area contributed by atoms with Crippen molar-refractivity contribution in [2.24, 2.45) is 17.6 Å². The first-order valence-electron chi connectivity index (χ1n) is 9.32. The van der Waals surface area contributed by atoms with Crippen LogP contribution in [0.25, 0.3) is 0 Å². The molecule has 0 radical (unpaired) electrons. The van der Waals surface area contributed by atoms with Crippen molar-refractivity contribution in [1.82, 2.24) is 0 Å². The number of anilines is 1. The number of para-hydroxylation sites is 1. The third-order valence-electron chi connectivity index (χ3n) is 4.54. The van der Waals surface area contributed by atoms with E-state index in [1.54, 1.807) is 36.4 Å². The van der Waals surface area contributed by atoms with E-state index >= 15 is 0 Å². The lowest BCUT2D eigenvalue weighted by Crippen LogP contribution is -2.31. The van der Waals surface area contributed by atoms with Crippen molar-refractivity contribution >= 4 is 15.5 Å². The van der Waals surface area contributed by atoms with E-state index in [1.165, 1.54) is 0 Å². The van der Waals surface area contributed by atoms with Gasteiger partial charge in [0.05, 0.1) is 10.6 Å². The van der Waals surface area contributed by atoms with Crippen LogP contribution in [0.4, 0.5) is 5.69 Å². The van der Waals surface area contributed by atoms with Crippen molar-refractivity contribution in [2.45, 2.75) is 43.9 Å². The minimum atomic E-state index is -3.59. The SMILES string of the molecule is CC(C)C[C@@H](Nc1cccc(C[C@@H](C)CN)c1O)S(=O)(=O)c1ccccc1. The molecule has 2 atom stereocenters. The van der Waals surface area contributed by atoms with E-state index in [4.69, 9.17) is 5.73 Å². The zero-order chi connectivity index (χ0) is 20.0. The number of sulfone groups is 1. The number of phenols is 1. The average molecular weight is 391 g/mol. The van der Waals surface area contributed by atoms with Gasteiger partial charge in [0.1, 0.15) is 11.1 Å². The van der Waals surface area contributed by atoms with Gasteiger partial charge in [-0.15, -0.1) is 0 Å². The molecule has 6 heteroatoms. The molecule has 0 aliphatic rings. The van der Waals surface area contributed by atoms with Gasteiger partial charge in [-0.3, -0.25) is 0 Å². The summed E-state index contributed by atoms with van der Waals surface area (Å²) in [5.74, 6) is 0.490. The van der Waals surface area contributed by atoms with Crippen LogP contribution < -0.4 is 11.1 Å². The molecule has 5 nitrogen and oxygen atoms in total. The van der Waals surface area contributed by atoms with Gasteiger partial charge >= 0.3 is 0 Å². The fourth-order valence-electron chi connectivity index (χ4n) is 2.97. The van der Waals surface area contributed by atoms with Gasteiger partial charge in [0.2, 0.25) is 0 Å². The Balaban J connectivity index is 2.36. The van der Waals surface area contributed by atoms with Crippen molar-refractivity contribution in [3.8, 4) is 5.75 Å². The van der Waals surface area contributed by atoms with Gasteiger partial charge in [-0.05, 0) is 55.0 Å². The molecule has 0 aliphatic carbocycles. The summed E-state index contributed by atoms with van der Waals surface area (Å²) >= 11 is 0. The van der Waals surface area contributed by atoms with Crippen LogP contribution in [0.3, 0.4) is 0 Å². The Morgan fingerprint density at radius 1 is 1.04 bits per heavy atom. The van der Waals surface area contributed by atoms with E-state index in [0.717, 1.165) is 5.56 Å². The van der Waals surface area contributed by atoms with E-state index in [-0.39, 0.29) is 22.5 Å². The molecule has 0 saturated carbocycles. The number of hydrogen-bond donors (Lipinski definition) is 3. The second-order valence-corrected chi connectivity index (χ2v) is 9.61. The summed E-state index contributed by atoms with van der Waals surface area (Å²) in [5, 5.41) is 12.9. The fourth-order valence-corrected chi connectivity index (χ4v) is 4.76. The number of nitrogens with two attached hydrogens (primary N) is 1. The minimum Gasteiger partial charge on any atom is -0.505 e. The lowest BCUT2D eigenvalue weighted by molar-refractivity contribution is 0.461. The predicted molar refractivity (Wildman–Crippen MR) is 111 cm³/mol. The Kier molecular flexibility index (Phi) is 7.27. The van der Waals surface area contributed by atoms with Crippen LogP contribution in [0.5, 0.6) is 5.75 Å². The Labute approximate surface area is 162 Å². The van der Waals surface area contributed by atoms with Crippen LogP contribution in [0.1, 0.15) is 32.8 Å². The monoisotopic (exact) mass is 390 g/mol. The molecule has 4 N–H and O–H groups in total. The molecule has 0 unspecified atom stereocenters. The van der Waals surface area contributed by atoms with Crippen molar-refractivity contribution < 1.29 is 13.5 Å². The topological polar surface area (TPSA) is 92.4 Å².